The van der Waals surface area contributed by atoms with Gasteiger partial charge in [0.25, 0.3) is 0 Å². The Hall–Kier alpha value is -1.68. The van der Waals surface area contributed by atoms with Gasteiger partial charge in [-0.2, -0.15) is 0 Å². The molecule has 0 radical (unpaired) electrons. The van der Waals surface area contributed by atoms with Gasteiger partial charge < -0.3 is 10.2 Å². The third-order valence-electron chi connectivity index (χ3n) is 4.17. The summed E-state index contributed by atoms with van der Waals surface area (Å²) in [7, 11) is 0. The second-order valence-electron chi connectivity index (χ2n) is 6.24. The van der Waals surface area contributed by atoms with Crippen LogP contribution in [0.15, 0.2) is 60.7 Å². The van der Waals surface area contributed by atoms with E-state index in [1.165, 1.54) is 11.1 Å². The Morgan fingerprint density at radius 3 is 1.65 bits per heavy atom. The standard InChI is InChI=1S/C20H27NO2/c1-17(15-22)12-20(16-23)21(13-18-8-4-2-5-9-18)14-19-10-6-3-7-11-19/h2-11,17,20,22-23H,12-16H2,1H3/t17-,20-/m0/s1. The molecular formula is C20H27NO2. The van der Waals surface area contributed by atoms with E-state index in [1.807, 2.05) is 43.3 Å². The van der Waals surface area contributed by atoms with Crippen LogP contribution in [-0.4, -0.2) is 34.4 Å². The van der Waals surface area contributed by atoms with E-state index in [0.717, 1.165) is 19.5 Å². The highest BCUT2D eigenvalue weighted by Gasteiger charge is 2.20. The molecule has 0 bridgehead atoms. The fourth-order valence-electron chi connectivity index (χ4n) is 2.83. The summed E-state index contributed by atoms with van der Waals surface area (Å²) in [6, 6.07) is 20.7. The molecule has 0 aliphatic rings. The Morgan fingerprint density at radius 2 is 1.26 bits per heavy atom. The van der Waals surface area contributed by atoms with Crippen LogP contribution >= 0.6 is 0 Å². The molecule has 0 unspecified atom stereocenters. The van der Waals surface area contributed by atoms with Gasteiger partial charge >= 0.3 is 0 Å². The molecule has 0 aliphatic heterocycles. The summed E-state index contributed by atoms with van der Waals surface area (Å²) in [5.74, 6) is 0.182. The fourth-order valence-corrected chi connectivity index (χ4v) is 2.83. The van der Waals surface area contributed by atoms with E-state index in [2.05, 4.69) is 29.2 Å². The largest absolute Gasteiger partial charge is 0.396 e. The first-order valence-corrected chi connectivity index (χ1v) is 8.26. The molecule has 2 N–H and O–H groups in total. The number of hydrogen-bond donors (Lipinski definition) is 2. The third kappa shape index (κ3) is 5.79. The van der Waals surface area contributed by atoms with Crippen molar-refractivity contribution in [2.24, 2.45) is 5.92 Å². The summed E-state index contributed by atoms with van der Waals surface area (Å²) in [5.41, 5.74) is 2.47. The zero-order valence-electron chi connectivity index (χ0n) is 13.8. The lowest BCUT2D eigenvalue weighted by Gasteiger charge is -2.32. The van der Waals surface area contributed by atoms with Crippen molar-refractivity contribution < 1.29 is 10.2 Å². The molecule has 23 heavy (non-hydrogen) atoms. The fraction of sp³-hybridized carbons (Fsp3) is 0.400. The Balaban J connectivity index is 2.15. The van der Waals surface area contributed by atoms with Crippen molar-refractivity contribution in [1.29, 1.82) is 0 Å². The number of hydrogen-bond acceptors (Lipinski definition) is 3. The molecule has 0 aromatic heterocycles. The highest BCUT2D eigenvalue weighted by Crippen LogP contribution is 2.18. The third-order valence-corrected chi connectivity index (χ3v) is 4.17. The normalized spacial score (nSPS) is 13.9. The molecule has 2 aromatic carbocycles. The molecule has 0 saturated heterocycles. The summed E-state index contributed by atoms with van der Waals surface area (Å²) < 4.78 is 0. The average Bonchev–Trinajstić information content (AvgIpc) is 2.60. The van der Waals surface area contributed by atoms with Gasteiger partial charge in [0.05, 0.1) is 6.61 Å². The lowest BCUT2D eigenvalue weighted by atomic mass is 10.0. The van der Waals surface area contributed by atoms with Gasteiger partial charge in [0.15, 0.2) is 0 Å². The van der Waals surface area contributed by atoms with E-state index in [0.29, 0.717) is 0 Å². The van der Waals surface area contributed by atoms with Gasteiger partial charge in [-0.05, 0) is 23.5 Å². The summed E-state index contributed by atoms with van der Waals surface area (Å²) in [5, 5.41) is 19.2. The predicted molar refractivity (Wildman–Crippen MR) is 93.9 cm³/mol. The van der Waals surface area contributed by atoms with Crippen LogP contribution in [0.4, 0.5) is 0 Å². The molecule has 0 aliphatic carbocycles. The second-order valence-corrected chi connectivity index (χ2v) is 6.24. The van der Waals surface area contributed by atoms with E-state index >= 15 is 0 Å². The lowest BCUT2D eigenvalue weighted by Crippen LogP contribution is -2.38. The molecule has 2 atom stereocenters. The molecule has 3 nitrogen and oxygen atoms in total. The van der Waals surface area contributed by atoms with Crippen LogP contribution in [0.1, 0.15) is 24.5 Å². The second kappa shape index (κ2) is 9.46. The van der Waals surface area contributed by atoms with Crippen LogP contribution in [0.2, 0.25) is 0 Å². The number of benzene rings is 2. The lowest BCUT2D eigenvalue weighted by molar-refractivity contribution is 0.0822. The SMILES string of the molecule is C[C@H](CO)C[C@@H](CO)N(Cc1ccccc1)Cc1ccccc1. The Labute approximate surface area is 139 Å². The van der Waals surface area contributed by atoms with Gasteiger partial charge in [-0.1, -0.05) is 67.6 Å². The van der Waals surface area contributed by atoms with E-state index in [4.69, 9.17) is 0 Å². The molecular weight excluding hydrogens is 286 g/mol. The summed E-state index contributed by atoms with van der Waals surface area (Å²) in [6.07, 6.45) is 0.784. The first kappa shape index (κ1) is 17.7. The monoisotopic (exact) mass is 313 g/mol. The Bertz CT molecular complexity index is 503. The van der Waals surface area contributed by atoms with Crippen molar-refractivity contribution in [3.63, 3.8) is 0 Å². The summed E-state index contributed by atoms with van der Waals surface area (Å²) >= 11 is 0. The topological polar surface area (TPSA) is 43.7 Å². The predicted octanol–water partition coefficient (Wildman–Crippen LogP) is 3.07. The van der Waals surface area contributed by atoms with Crippen LogP contribution in [0, 0.1) is 5.92 Å². The van der Waals surface area contributed by atoms with Crippen LogP contribution in [-0.2, 0) is 13.1 Å². The van der Waals surface area contributed by atoms with E-state index in [-0.39, 0.29) is 25.2 Å². The van der Waals surface area contributed by atoms with Crippen molar-refractivity contribution in [2.45, 2.75) is 32.5 Å². The van der Waals surface area contributed by atoms with E-state index in [1.54, 1.807) is 0 Å². The van der Waals surface area contributed by atoms with Crippen LogP contribution in [0.25, 0.3) is 0 Å². The van der Waals surface area contributed by atoms with Crippen LogP contribution in [0.3, 0.4) is 0 Å². The first-order chi connectivity index (χ1) is 11.2. The molecule has 0 heterocycles. The van der Waals surface area contributed by atoms with Crippen molar-refractivity contribution in [2.75, 3.05) is 13.2 Å². The minimum Gasteiger partial charge on any atom is -0.396 e. The average molecular weight is 313 g/mol. The molecule has 0 amide bonds. The number of nitrogens with zero attached hydrogens (tertiary/aromatic N) is 1. The van der Waals surface area contributed by atoms with Gasteiger partial charge in [0, 0.05) is 25.7 Å². The highest BCUT2D eigenvalue weighted by atomic mass is 16.3. The van der Waals surface area contributed by atoms with Gasteiger partial charge in [-0.15, -0.1) is 0 Å². The first-order valence-electron chi connectivity index (χ1n) is 8.26. The molecule has 0 fully saturated rings. The van der Waals surface area contributed by atoms with Crippen molar-refractivity contribution in [1.82, 2.24) is 4.90 Å². The van der Waals surface area contributed by atoms with E-state index in [9.17, 15) is 10.2 Å². The zero-order chi connectivity index (χ0) is 16.5. The van der Waals surface area contributed by atoms with Crippen LogP contribution in [0.5, 0.6) is 0 Å². The highest BCUT2D eigenvalue weighted by molar-refractivity contribution is 5.17. The number of aliphatic hydroxyl groups excluding tert-OH is 2. The Morgan fingerprint density at radius 1 is 0.783 bits per heavy atom. The number of rotatable bonds is 9. The van der Waals surface area contributed by atoms with Crippen molar-refractivity contribution in [3.05, 3.63) is 71.8 Å². The maximum absolute atomic E-state index is 9.87. The molecule has 0 saturated carbocycles. The van der Waals surface area contributed by atoms with Crippen molar-refractivity contribution in [3.8, 4) is 0 Å². The smallest absolute Gasteiger partial charge is 0.0587 e. The summed E-state index contributed by atoms with van der Waals surface area (Å²) in [6.45, 7) is 3.86. The van der Waals surface area contributed by atoms with E-state index < -0.39 is 0 Å². The quantitative estimate of drug-likeness (QED) is 0.748. The maximum Gasteiger partial charge on any atom is 0.0587 e. The van der Waals surface area contributed by atoms with Crippen molar-refractivity contribution >= 4 is 0 Å². The molecule has 0 spiro atoms. The minimum atomic E-state index is 0.0394. The van der Waals surface area contributed by atoms with Gasteiger partial charge in [0.1, 0.15) is 0 Å². The van der Waals surface area contributed by atoms with Gasteiger partial charge in [0.2, 0.25) is 0 Å². The summed E-state index contributed by atoms with van der Waals surface area (Å²) in [4.78, 5) is 2.30. The molecule has 2 rings (SSSR count). The van der Waals surface area contributed by atoms with Crippen LogP contribution < -0.4 is 0 Å². The van der Waals surface area contributed by atoms with Gasteiger partial charge in [-0.3, -0.25) is 4.90 Å². The molecule has 124 valence electrons. The molecule has 2 aromatic rings. The van der Waals surface area contributed by atoms with Gasteiger partial charge in [-0.25, -0.2) is 0 Å². The maximum atomic E-state index is 9.87. The minimum absolute atomic E-state index is 0.0394. The zero-order valence-corrected chi connectivity index (χ0v) is 13.8. The Kier molecular flexibility index (Phi) is 7.27. The number of aliphatic hydroxyl groups is 2. The molecule has 3 heteroatoms.